The zero-order valence-corrected chi connectivity index (χ0v) is 15.6. The minimum Gasteiger partial charge on any atom is -0.497 e. The van der Waals surface area contributed by atoms with Crippen LogP contribution in [0.4, 0.5) is 5.69 Å². The molecule has 0 saturated carbocycles. The van der Waals surface area contributed by atoms with Gasteiger partial charge >= 0.3 is 0 Å². The van der Waals surface area contributed by atoms with Crippen molar-refractivity contribution in [2.24, 2.45) is 0 Å². The highest BCUT2D eigenvalue weighted by molar-refractivity contribution is 6.31. The van der Waals surface area contributed by atoms with E-state index in [2.05, 4.69) is 4.90 Å². The van der Waals surface area contributed by atoms with Crippen LogP contribution in [0.5, 0.6) is 5.75 Å². The van der Waals surface area contributed by atoms with Crippen LogP contribution in [0.2, 0.25) is 5.02 Å². The molecule has 1 aliphatic rings. The van der Waals surface area contributed by atoms with E-state index >= 15 is 0 Å². The average Bonchev–Trinajstić information content (AvgIpc) is 2.62. The second kappa shape index (κ2) is 7.46. The summed E-state index contributed by atoms with van der Waals surface area (Å²) in [4.78, 5) is 16.9. The lowest BCUT2D eigenvalue weighted by Gasteiger charge is -2.39. The van der Waals surface area contributed by atoms with Gasteiger partial charge in [0.25, 0.3) is 0 Å². The van der Waals surface area contributed by atoms with Gasteiger partial charge < -0.3 is 9.64 Å². The number of methoxy groups -OCH3 is 1. The third-order valence-electron chi connectivity index (χ3n) is 4.79. The summed E-state index contributed by atoms with van der Waals surface area (Å²) < 4.78 is 5.19. The molecule has 0 spiro atoms. The SMILES string of the molecule is COc1ccc(CN2CCN(c3ccc(C)c(Cl)c3)C(=O)[C@@H]2C)cc1. The van der Waals surface area contributed by atoms with Crippen LogP contribution in [0.3, 0.4) is 0 Å². The molecule has 0 N–H and O–H groups in total. The van der Waals surface area contributed by atoms with Gasteiger partial charge in [-0.25, -0.2) is 0 Å². The Morgan fingerprint density at radius 2 is 1.88 bits per heavy atom. The molecule has 132 valence electrons. The standard InChI is InChI=1S/C20H23ClN2O2/c1-14-4-7-17(12-19(14)21)23-11-10-22(15(2)20(23)24)13-16-5-8-18(25-3)9-6-16/h4-9,12,15H,10-11,13H2,1-3H3/t15-/m0/s1. The van der Waals surface area contributed by atoms with Crippen molar-refractivity contribution in [3.63, 3.8) is 0 Å². The summed E-state index contributed by atoms with van der Waals surface area (Å²) in [7, 11) is 1.66. The summed E-state index contributed by atoms with van der Waals surface area (Å²) in [6.45, 7) is 6.17. The minimum atomic E-state index is -0.170. The molecule has 1 atom stereocenters. The number of nitrogens with zero attached hydrogens (tertiary/aromatic N) is 2. The fraction of sp³-hybridized carbons (Fsp3) is 0.350. The Labute approximate surface area is 154 Å². The lowest BCUT2D eigenvalue weighted by atomic mass is 10.1. The molecule has 1 fully saturated rings. The summed E-state index contributed by atoms with van der Waals surface area (Å²) in [6, 6.07) is 13.6. The number of halogens is 1. The Morgan fingerprint density at radius 1 is 1.16 bits per heavy atom. The smallest absolute Gasteiger partial charge is 0.244 e. The first kappa shape index (κ1) is 17.8. The van der Waals surface area contributed by atoms with Crippen molar-refractivity contribution < 1.29 is 9.53 Å². The second-order valence-corrected chi connectivity index (χ2v) is 6.83. The molecule has 0 bridgehead atoms. The van der Waals surface area contributed by atoms with Crippen molar-refractivity contribution in [3.05, 3.63) is 58.6 Å². The zero-order valence-electron chi connectivity index (χ0n) is 14.8. The van der Waals surface area contributed by atoms with Crippen LogP contribution in [0, 0.1) is 6.92 Å². The van der Waals surface area contributed by atoms with Crippen molar-refractivity contribution in [1.29, 1.82) is 0 Å². The van der Waals surface area contributed by atoms with Gasteiger partial charge in [-0.15, -0.1) is 0 Å². The van der Waals surface area contributed by atoms with E-state index in [4.69, 9.17) is 16.3 Å². The van der Waals surface area contributed by atoms with Gasteiger partial charge in [0.15, 0.2) is 0 Å². The van der Waals surface area contributed by atoms with E-state index < -0.39 is 0 Å². The number of piperazine rings is 1. The molecule has 0 radical (unpaired) electrons. The van der Waals surface area contributed by atoms with Gasteiger partial charge in [0.1, 0.15) is 5.75 Å². The number of carbonyl (C=O) groups is 1. The van der Waals surface area contributed by atoms with Gasteiger partial charge in [0.05, 0.1) is 13.2 Å². The van der Waals surface area contributed by atoms with Crippen LogP contribution >= 0.6 is 11.6 Å². The lowest BCUT2D eigenvalue weighted by Crippen LogP contribution is -2.55. The van der Waals surface area contributed by atoms with Gasteiger partial charge in [0, 0.05) is 30.3 Å². The van der Waals surface area contributed by atoms with Gasteiger partial charge in [-0.1, -0.05) is 29.8 Å². The molecule has 1 saturated heterocycles. The number of anilines is 1. The molecule has 5 heteroatoms. The van der Waals surface area contributed by atoms with E-state index in [1.54, 1.807) is 7.11 Å². The highest BCUT2D eigenvalue weighted by Crippen LogP contribution is 2.26. The van der Waals surface area contributed by atoms with Crippen LogP contribution in [0.15, 0.2) is 42.5 Å². The number of ether oxygens (including phenoxy) is 1. The predicted molar refractivity (Wildman–Crippen MR) is 101 cm³/mol. The summed E-state index contributed by atoms with van der Waals surface area (Å²) in [5.41, 5.74) is 3.06. The molecule has 0 unspecified atom stereocenters. The highest BCUT2D eigenvalue weighted by Gasteiger charge is 2.32. The number of hydrogen-bond acceptors (Lipinski definition) is 3. The molecular formula is C20H23ClN2O2. The van der Waals surface area contributed by atoms with Gasteiger partial charge in [-0.3, -0.25) is 9.69 Å². The maximum atomic E-state index is 12.8. The maximum Gasteiger partial charge on any atom is 0.244 e. The molecule has 2 aromatic carbocycles. The molecule has 3 rings (SSSR count). The normalized spacial score (nSPS) is 18.5. The summed E-state index contributed by atoms with van der Waals surface area (Å²) in [6.07, 6.45) is 0. The predicted octanol–water partition coefficient (Wildman–Crippen LogP) is 3.89. The topological polar surface area (TPSA) is 32.8 Å². The Hall–Kier alpha value is -2.04. The zero-order chi connectivity index (χ0) is 18.0. The molecule has 25 heavy (non-hydrogen) atoms. The molecule has 1 amide bonds. The van der Waals surface area contributed by atoms with E-state index in [1.165, 1.54) is 5.56 Å². The number of aryl methyl sites for hydroxylation is 1. The average molecular weight is 359 g/mol. The third-order valence-corrected chi connectivity index (χ3v) is 5.20. The molecule has 2 aromatic rings. The highest BCUT2D eigenvalue weighted by atomic mass is 35.5. The molecule has 4 nitrogen and oxygen atoms in total. The first-order valence-electron chi connectivity index (χ1n) is 8.44. The van der Waals surface area contributed by atoms with E-state index in [0.717, 1.165) is 30.1 Å². The fourth-order valence-corrected chi connectivity index (χ4v) is 3.28. The number of hydrogen-bond donors (Lipinski definition) is 0. The number of carbonyl (C=O) groups excluding carboxylic acids is 1. The monoisotopic (exact) mass is 358 g/mol. The van der Waals surface area contributed by atoms with Crippen LogP contribution in [0.1, 0.15) is 18.1 Å². The van der Waals surface area contributed by atoms with Crippen LogP contribution in [-0.4, -0.2) is 37.0 Å². The van der Waals surface area contributed by atoms with E-state index in [1.807, 2.05) is 61.2 Å². The van der Waals surface area contributed by atoms with Crippen LogP contribution in [-0.2, 0) is 11.3 Å². The molecule has 1 aliphatic heterocycles. The van der Waals surface area contributed by atoms with E-state index in [0.29, 0.717) is 11.6 Å². The fourth-order valence-electron chi connectivity index (χ4n) is 3.10. The van der Waals surface area contributed by atoms with Crippen molar-refractivity contribution in [2.75, 3.05) is 25.1 Å². The second-order valence-electron chi connectivity index (χ2n) is 6.42. The summed E-state index contributed by atoms with van der Waals surface area (Å²) in [5, 5.41) is 0.693. The van der Waals surface area contributed by atoms with Crippen LogP contribution in [0.25, 0.3) is 0 Å². The third kappa shape index (κ3) is 3.80. The minimum absolute atomic E-state index is 0.111. The van der Waals surface area contributed by atoms with E-state index in [-0.39, 0.29) is 11.9 Å². The molecule has 0 aliphatic carbocycles. The number of rotatable bonds is 4. The van der Waals surface area contributed by atoms with Gasteiger partial charge in [-0.05, 0) is 49.2 Å². The first-order chi connectivity index (χ1) is 12.0. The number of benzene rings is 2. The van der Waals surface area contributed by atoms with Gasteiger partial charge in [-0.2, -0.15) is 0 Å². The lowest BCUT2D eigenvalue weighted by molar-refractivity contribution is -0.125. The number of amides is 1. The van der Waals surface area contributed by atoms with Crippen molar-refractivity contribution in [2.45, 2.75) is 26.4 Å². The Kier molecular flexibility index (Phi) is 5.30. The Bertz CT molecular complexity index is 761. The van der Waals surface area contributed by atoms with Crippen molar-refractivity contribution in [3.8, 4) is 5.75 Å². The quantitative estimate of drug-likeness (QED) is 0.831. The Morgan fingerprint density at radius 3 is 2.52 bits per heavy atom. The maximum absolute atomic E-state index is 12.8. The summed E-state index contributed by atoms with van der Waals surface area (Å²) >= 11 is 6.22. The molecule has 0 aromatic heterocycles. The molecular weight excluding hydrogens is 336 g/mol. The Balaban J connectivity index is 1.71. The van der Waals surface area contributed by atoms with Crippen molar-refractivity contribution in [1.82, 2.24) is 4.90 Å². The van der Waals surface area contributed by atoms with Gasteiger partial charge in [0.2, 0.25) is 5.91 Å². The summed E-state index contributed by atoms with van der Waals surface area (Å²) in [5.74, 6) is 0.952. The van der Waals surface area contributed by atoms with E-state index in [9.17, 15) is 4.79 Å². The largest absolute Gasteiger partial charge is 0.497 e. The molecule has 1 heterocycles. The van der Waals surface area contributed by atoms with Crippen molar-refractivity contribution >= 4 is 23.2 Å². The first-order valence-corrected chi connectivity index (χ1v) is 8.82. The van der Waals surface area contributed by atoms with Crippen LogP contribution < -0.4 is 9.64 Å².